The van der Waals surface area contributed by atoms with E-state index in [1.54, 1.807) is 32.7 Å². The van der Waals surface area contributed by atoms with Crippen LogP contribution in [0.3, 0.4) is 0 Å². The number of carbonyl (C=O) groups excluding carboxylic acids is 1. The van der Waals surface area contributed by atoms with Crippen LogP contribution in [0.2, 0.25) is 5.02 Å². The number of thiazole rings is 1. The Kier molecular flexibility index (Phi) is 7.80. The summed E-state index contributed by atoms with van der Waals surface area (Å²) in [7, 11) is 4.81. The molecule has 1 aliphatic rings. The van der Waals surface area contributed by atoms with E-state index in [1.165, 1.54) is 0 Å². The smallest absolute Gasteiger partial charge is 0.222 e. The SMILES string of the molecule is COc1cc(-c2csc(=Nc3ccc(Cl)cc3)n2CCCN2CCCC2=O)cc(OC)c1OC. The minimum atomic E-state index is 0.242. The van der Waals surface area contributed by atoms with Crippen molar-refractivity contribution in [3.05, 3.63) is 51.6 Å². The molecule has 1 aliphatic heterocycles. The van der Waals surface area contributed by atoms with E-state index in [2.05, 4.69) is 9.95 Å². The van der Waals surface area contributed by atoms with Gasteiger partial charge < -0.3 is 23.7 Å². The molecule has 1 fully saturated rings. The van der Waals surface area contributed by atoms with Gasteiger partial charge in [0.1, 0.15) is 0 Å². The van der Waals surface area contributed by atoms with Crippen LogP contribution in [-0.2, 0) is 11.3 Å². The number of carbonyl (C=O) groups is 1. The highest BCUT2D eigenvalue weighted by molar-refractivity contribution is 7.07. The van der Waals surface area contributed by atoms with Gasteiger partial charge in [-0.1, -0.05) is 11.6 Å². The zero-order valence-electron chi connectivity index (χ0n) is 19.5. The maximum Gasteiger partial charge on any atom is 0.222 e. The summed E-state index contributed by atoms with van der Waals surface area (Å²) in [5.41, 5.74) is 2.75. The van der Waals surface area contributed by atoms with Gasteiger partial charge in [0, 0.05) is 42.0 Å². The lowest BCUT2D eigenvalue weighted by Crippen LogP contribution is -2.27. The van der Waals surface area contributed by atoms with Crippen molar-refractivity contribution in [2.45, 2.75) is 25.8 Å². The molecule has 2 aromatic carbocycles. The summed E-state index contributed by atoms with van der Waals surface area (Å²) >= 11 is 7.60. The first-order valence-electron chi connectivity index (χ1n) is 11.1. The molecule has 0 N–H and O–H groups in total. The van der Waals surface area contributed by atoms with Crippen molar-refractivity contribution in [1.82, 2.24) is 9.47 Å². The lowest BCUT2D eigenvalue weighted by atomic mass is 10.1. The number of benzene rings is 2. The summed E-state index contributed by atoms with van der Waals surface area (Å²) in [4.78, 5) is 19.7. The quantitative estimate of drug-likeness (QED) is 0.407. The van der Waals surface area contributed by atoms with Gasteiger partial charge >= 0.3 is 0 Å². The minimum Gasteiger partial charge on any atom is -0.493 e. The third-order valence-electron chi connectivity index (χ3n) is 5.79. The van der Waals surface area contributed by atoms with Crippen LogP contribution in [0.15, 0.2) is 46.8 Å². The predicted molar refractivity (Wildman–Crippen MR) is 135 cm³/mol. The Morgan fingerprint density at radius 1 is 1.03 bits per heavy atom. The fourth-order valence-corrected chi connectivity index (χ4v) is 5.16. The van der Waals surface area contributed by atoms with Crippen LogP contribution in [0.25, 0.3) is 11.3 Å². The van der Waals surface area contributed by atoms with Crippen molar-refractivity contribution >= 4 is 34.5 Å². The molecule has 0 unspecified atom stereocenters. The molecular weight excluding hydrogens is 474 g/mol. The van der Waals surface area contributed by atoms with E-state index in [1.807, 2.05) is 41.3 Å². The topological polar surface area (TPSA) is 65.3 Å². The molecular formula is C25H28ClN3O4S. The fraction of sp³-hybridized carbons (Fsp3) is 0.360. The van der Waals surface area contributed by atoms with Gasteiger partial charge in [0.2, 0.25) is 11.7 Å². The van der Waals surface area contributed by atoms with Gasteiger partial charge in [0.25, 0.3) is 0 Å². The molecule has 34 heavy (non-hydrogen) atoms. The van der Waals surface area contributed by atoms with Crippen molar-refractivity contribution < 1.29 is 19.0 Å². The number of methoxy groups -OCH3 is 3. The molecule has 1 aromatic heterocycles. The van der Waals surface area contributed by atoms with Crippen molar-refractivity contribution in [2.24, 2.45) is 4.99 Å². The van der Waals surface area contributed by atoms with Crippen LogP contribution in [0.5, 0.6) is 17.2 Å². The first-order chi connectivity index (χ1) is 16.5. The number of nitrogens with zero attached hydrogens (tertiary/aromatic N) is 3. The average molecular weight is 502 g/mol. The Bertz CT molecular complexity index is 1190. The zero-order valence-corrected chi connectivity index (χ0v) is 21.1. The molecule has 2 heterocycles. The molecule has 4 rings (SSSR count). The Hall–Kier alpha value is -2.97. The molecule has 0 saturated carbocycles. The van der Waals surface area contributed by atoms with Crippen LogP contribution in [0.4, 0.5) is 5.69 Å². The number of amides is 1. The molecule has 9 heteroatoms. The summed E-state index contributed by atoms with van der Waals surface area (Å²) in [6.45, 7) is 2.29. The van der Waals surface area contributed by atoms with Crippen molar-refractivity contribution in [1.29, 1.82) is 0 Å². The van der Waals surface area contributed by atoms with Crippen LogP contribution in [-0.4, -0.2) is 49.8 Å². The van der Waals surface area contributed by atoms with Gasteiger partial charge in [0.15, 0.2) is 16.3 Å². The number of halogens is 1. The number of rotatable bonds is 9. The first-order valence-corrected chi connectivity index (χ1v) is 12.4. The van der Waals surface area contributed by atoms with Gasteiger partial charge in [0.05, 0.1) is 32.7 Å². The third-order valence-corrected chi connectivity index (χ3v) is 6.91. The molecule has 1 saturated heterocycles. The number of aromatic nitrogens is 1. The molecule has 3 aromatic rings. The Morgan fingerprint density at radius 3 is 2.32 bits per heavy atom. The number of ether oxygens (including phenoxy) is 3. The summed E-state index contributed by atoms with van der Waals surface area (Å²) in [6.07, 6.45) is 2.42. The summed E-state index contributed by atoms with van der Waals surface area (Å²) < 4.78 is 18.8. The average Bonchev–Trinajstić information content (AvgIpc) is 3.45. The maximum atomic E-state index is 12.0. The second kappa shape index (κ2) is 11.0. The fourth-order valence-electron chi connectivity index (χ4n) is 4.08. The van der Waals surface area contributed by atoms with E-state index in [9.17, 15) is 4.79 Å². The lowest BCUT2D eigenvalue weighted by molar-refractivity contribution is -0.127. The predicted octanol–water partition coefficient (Wildman–Crippen LogP) is 5.14. The standard InChI is InChI=1S/C25H28ClN3O4S/c1-31-21-14-17(15-22(32-2)24(21)33-3)20-16-34-25(27-19-9-7-18(26)8-10-19)29(20)13-5-12-28-11-4-6-23(28)30/h7-10,14-16H,4-6,11-13H2,1-3H3. The molecule has 1 amide bonds. The zero-order chi connectivity index (χ0) is 24.1. The van der Waals surface area contributed by atoms with E-state index in [0.29, 0.717) is 35.2 Å². The van der Waals surface area contributed by atoms with E-state index in [-0.39, 0.29) is 5.91 Å². The monoisotopic (exact) mass is 501 g/mol. The number of likely N-dealkylation sites (tertiary alicyclic amines) is 1. The van der Waals surface area contributed by atoms with E-state index < -0.39 is 0 Å². The highest BCUT2D eigenvalue weighted by atomic mass is 35.5. The van der Waals surface area contributed by atoms with Crippen LogP contribution < -0.4 is 19.0 Å². The van der Waals surface area contributed by atoms with Crippen LogP contribution in [0, 0.1) is 0 Å². The molecule has 0 bridgehead atoms. The van der Waals surface area contributed by atoms with Gasteiger partial charge in [-0.2, -0.15) is 0 Å². The third kappa shape index (κ3) is 5.23. The normalized spacial score (nSPS) is 14.1. The number of hydrogen-bond acceptors (Lipinski definition) is 6. The van der Waals surface area contributed by atoms with Gasteiger partial charge in [-0.3, -0.25) is 4.79 Å². The second-order valence-electron chi connectivity index (χ2n) is 7.90. The first kappa shape index (κ1) is 24.2. The molecule has 0 atom stereocenters. The van der Waals surface area contributed by atoms with Gasteiger partial charge in [-0.25, -0.2) is 4.99 Å². The van der Waals surface area contributed by atoms with Gasteiger partial charge in [-0.05, 0) is 49.2 Å². The summed E-state index contributed by atoms with van der Waals surface area (Å²) in [5.74, 6) is 1.97. The van der Waals surface area contributed by atoms with E-state index >= 15 is 0 Å². The van der Waals surface area contributed by atoms with Crippen molar-refractivity contribution in [3.63, 3.8) is 0 Å². The summed E-state index contributed by atoms with van der Waals surface area (Å²) in [5, 5.41) is 2.75. The molecule has 0 radical (unpaired) electrons. The highest BCUT2D eigenvalue weighted by Crippen LogP contribution is 2.41. The van der Waals surface area contributed by atoms with Crippen LogP contribution >= 0.6 is 22.9 Å². The molecule has 180 valence electrons. The summed E-state index contributed by atoms with van der Waals surface area (Å²) in [6, 6.07) is 11.3. The largest absolute Gasteiger partial charge is 0.493 e. The number of hydrogen-bond donors (Lipinski definition) is 0. The Balaban J connectivity index is 1.74. The second-order valence-corrected chi connectivity index (χ2v) is 9.17. The highest BCUT2D eigenvalue weighted by Gasteiger charge is 2.20. The Morgan fingerprint density at radius 2 is 1.74 bits per heavy atom. The Labute approximate surface area is 208 Å². The van der Waals surface area contributed by atoms with E-state index in [0.717, 1.165) is 47.7 Å². The molecule has 0 spiro atoms. The van der Waals surface area contributed by atoms with Crippen LogP contribution in [0.1, 0.15) is 19.3 Å². The van der Waals surface area contributed by atoms with Gasteiger partial charge in [-0.15, -0.1) is 11.3 Å². The van der Waals surface area contributed by atoms with E-state index in [4.69, 9.17) is 30.8 Å². The lowest BCUT2D eigenvalue weighted by Gasteiger charge is -2.17. The maximum absolute atomic E-state index is 12.0. The van der Waals surface area contributed by atoms with Crippen molar-refractivity contribution in [3.8, 4) is 28.5 Å². The molecule has 0 aliphatic carbocycles. The minimum absolute atomic E-state index is 0.242. The molecule has 7 nitrogen and oxygen atoms in total. The van der Waals surface area contributed by atoms with Crippen molar-refractivity contribution in [2.75, 3.05) is 34.4 Å².